The largest absolute Gasteiger partial charge is 0.493 e. The summed E-state index contributed by atoms with van der Waals surface area (Å²) >= 11 is 0. The van der Waals surface area contributed by atoms with Gasteiger partial charge in [-0.2, -0.15) is 5.26 Å². The zero-order chi connectivity index (χ0) is 20.4. The van der Waals surface area contributed by atoms with Gasteiger partial charge in [0.05, 0.1) is 27.4 Å². The molecule has 1 heterocycles. The molecule has 0 bridgehead atoms. The molecule has 1 aliphatic heterocycles. The Kier molecular flexibility index (Phi) is 5.32. The molecule has 7 nitrogen and oxygen atoms in total. The Bertz CT molecular complexity index is 949. The Hall–Kier alpha value is -3.40. The predicted molar refractivity (Wildman–Crippen MR) is 106 cm³/mol. The topological polar surface area (TPSA) is 87.8 Å². The summed E-state index contributed by atoms with van der Waals surface area (Å²) in [4.78, 5) is 1.95. The van der Waals surface area contributed by atoms with Crippen LogP contribution in [0.3, 0.4) is 0 Å². The molecular formula is C21H23N3O4. The van der Waals surface area contributed by atoms with Gasteiger partial charge in [0.15, 0.2) is 11.5 Å². The Labute approximate surface area is 164 Å². The van der Waals surface area contributed by atoms with Gasteiger partial charge < -0.3 is 23.8 Å². The van der Waals surface area contributed by atoms with Gasteiger partial charge in [0, 0.05) is 42.9 Å². The molecule has 2 aromatic rings. The van der Waals surface area contributed by atoms with E-state index < -0.39 is 11.8 Å². The van der Waals surface area contributed by atoms with E-state index in [-0.39, 0.29) is 5.90 Å². The van der Waals surface area contributed by atoms with E-state index in [4.69, 9.17) is 24.4 Å². The van der Waals surface area contributed by atoms with Crippen molar-refractivity contribution in [3.63, 3.8) is 0 Å². The Morgan fingerprint density at radius 3 is 2.25 bits per heavy atom. The van der Waals surface area contributed by atoms with Crippen molar-refractivity contribution < 1.29 is 18.9 Å². The van der Waals surface area contributed by atoms with Crippen molar-refractivity contribution >= 4 is 11.6 Å². The number of hydrogen-bond donors (Lipinski definition) is 1. The second kappa shape index (κ2) is 7.69. The minimum Gasteiger partial charge on any atom is -0.493 e. The average molecular weight is 381 g/mol. The van der Waals surface area contributed by atoms with Gasteiger partial charge in [0.2, 0.25) is 11.6 Å². The highest BCUT2D eigenvalue weighted by molar-refractivity contribution is 5.86. The monoisotopic (exact) mass is 381 g/mol. The van der Waals surface area contributed by atoms with Crippen molar-refractivity contribution in [1.82, 2.24) is 0 Å². The van der Waals surface area contributed by atoms with Crippen molar-refractivity contribution in [2.45, 2.75) is 5.92 Å². The molecule has 0 aromatic heterocycles. The molecular weight excluding hydrogens is 358 g/mol. The quantitative estimate of drug-likeness (QED) is 0.854. The summed E-state index contributed by atoms with van der Waals surface area (Å²) < 4.78 is 22.2. The van der Waals surface area contributed by atoms with Crippen molar-refractivity contribution in [1.29, 1.82) is 10.7 Å². The molecule has 0 saturated carbocycles. The number of nitrogens with zero attached hydrogens (tertiary/aromatic N) is 2. The average Bonchev–Trinajstić information content (AvgIpc) is 2.70. The summed E-state index contributed by atoms with van der Waals surface area (Å²) in [6.07, 6.45) is 0. The smallest absolute Gasteiger partial charge is 0.205 e. The fraction of sp³-hybridized carbons (Fsp3) is 0.333. The van der Waals surface area contributed by atoms with Gasteiger partial charge in [-0.05, 0) is 12.1 Å². The minimum atomic E-state index is -0.787. The van der Waals surface area contributed by atoms with Crippen LogP contribution in [-0.4, -0.2) is 41.3 Å². The Morgan fingerprint density at radius 2 is 1.68 bits per heavy atom. The Morgan fingerprint density at radius 1 is 1.00 bits per heavy atom. The molecule has 0 aliphatic carbocycles. The number of fused-ring (bicyclic) bond motifs is 1. The fourth-order valence-corrected chi connectivity index (χ4v) is 3.51. The molecule has 1 N–H and O–H groups in total. The predicted octanol–water partition coefficient (Wildman–Crippen LogP) is 3.42. The summed E-state index contributed by atoms with van der Waals surface area (Å²) in [7, 11) is 8.50. The first-order valence-electron chi connectivity index (χ1n) is 8.72. The fourth-order valence-electron chi connectivity index (χ4n) is 3.51. The highest BCUT2D eigenvalue weighted by Gasteiger charge is 2.39. The maximum atomic E-state index is 9.78. The molecule has 0 fully saturated rings. The van der Waals surface area contributed by atoms with E-state index in [1.807, 2.05) is 43.3 Å². The molecule has 0 spiro atoms. The van der Waals surface area contributed by atoms with Gasteiger partial charge in [-0.25, -0.2) is 0 Å². The normalized spacial score (nSPS) is 17.8. The van der Waals surface area contributed by atoms with Gasteiger partial charge in [-0.3, -0.25) is 5.41 Å². The van der Waals surface area contributed by atoms with Gasteiger partial charge in [0.1, 0.15) is 11.7 Å². The summed E-state index contributed by atoms with van der Waals surface area (Å²) in [5.41, 5.74) is 2.50. The summed E-state index contributed by atoms with van der Waals surface area (Å²) in [6, 6.07) is 11.6. The van der Waals surface area contributed by atoms with Crippen molar-refractivity contribution in [3.05, 3.63) is 41.5 Å². The second-order valence-electron chi connectivity index (χ2n) is 6.59. The minimum absolute atomic E-state index is 0.0901. The van der Waals surface area contributed by atoms with Gasteiger partial charge >= 0.3 is 0 Å². The molecule has 2 aromatic carbocycles. The standard InChI is InChI=1S/C21H23N3O4/c1-24(2)12-6-7-13-17(10-12)28-21(23)15(11-22)18(13)14-8-9-16(25-3)20(27-5)19(14)26-4/h6-10,15,18,23H,1-5H3. The molecule has 1 aliphatic rings. The lowest BCUT2D eigenvalue weighted by atomic mass is 9.78. The van der Waals surface area contributed by atoms with Crippen molar-refractivity contribution in [2.75, 3.05) is 40.3 Å². The van der Waals surface area contributed by atoms with Crippen LogP contribution in [0.25, 0.3) is 0 Å². The van der Waals surface area contributed by atoms with Gasteiger partial charge in [-0.1, -0.05) is 12.1 Å². The number of hydrogen-bond acceptors (Lipinski definition) is 7. The van der Waals surface area contributed by atoms with E-state index in [1.165, 1.54) is 7.11 Å². The first-order chi connectivity index (χ1) is 13.5. The van der Waals surface area contributed by atoms with E-state index in [2.05, 4.69) is 6.07 Å². The highest BCUT2D eigenvalue weighted by atomic mass is 16.5. The molecule has 7 heteroatoms. The molecule has 0 radical (unpaired) electrons. The van der Waals surface area contributed by atoms with Crippen LogP contribution in [0.5, 0.6) is 23.0 Å². The van der Waals surface area contributed by atoms with E-state index in [1.54, 1.807) is 20.3 Å². The maximum absolute atomic E-state index is 9.78. The third kappa shape index (κ3) is 3.07. The first-order valence-corrected chi connectivity index (χ1v) is 8.72. The molecule has 28 heavy (non-hydrogen) atoms. The molecule has 2 unspecified atom stereocenters. The van der Waals surface area contributed by atoms with Gasteiger partial charge in [-0.15, -0.1) is 0 Å². The van der Waals surface area contributed by atoms with Crippen LogP contribution in [0.15, 0.2) is 30.3 Å². The molecule has 2 atom stereocenters. The number of ether oxygens (including phenoxy) is 4. The van der Waals surface area contributed by atoms with Crippen LogP contribution in [0.1, 0.15) is 17.0 Å². The summed E-state index contributed by atoms with van der Waals surface area (Å²) in [5, 5.41) is 18.1. The van der Waals surface area contributed by atoms with E-state index in [0.717, 1.165) is 16.8 Å². The lowest BCUT2D eigenvalue weighted by molar-refractivity contribution is 0.320. The van der Waals surface area contributed by atoms with E-state index >= 15 is 0 Å². The second-order valence-corrected chi connectivity index (χ2v) is 6.59. The lowest BCUT2D eigenvalue weighted by Gasteiger charge is -2.32. The highest BCUT2D eigenvalue weighted by Crippen LogP contribution is 2.50. The number of rotatable bonds is 5. The summed E-state index contributed by atoms with van der Waals surface area (Å²) in [6.45, 7) is 0. The van der Waals surface area contributed by atoms with Crippen molar-refractivity contribution in [2.24, 2.45) is 5.92 Å². The van der Waals surface area contributed by atoms with Crippen LogP contribution in [0.2, 0.25) is 0 Å². The van der Waals surface area contributed by atoms with Crippen LogP contribution < -0.4 is 23.8 Å². The van der Waals surface area contributed by atoms with Gasteiger partial charge in [0.25, 0.3) is 0 Å². The van der Waals surface area contributed by atoms with E-state index in [0.29, 0.717) is 23.0 Å². The number of nitrogens with one attached hydrogen (secondary N) is 1. The first kappa shape index (κ1) is 19.4. The number of nitriles is 1. The van der Waals surface area contributed by atoms with E-state index in [9.17, 15) is 5.26 Å². The molecule has 0 amide bonds. The van der Waals surface area contributed by atoms with Crippen LogP contribution >= 0.6 is 0 Å². The maximum Gasteiger partial charge on any atom is 0.205 e. The zero-order valence-electron chi connectivity index (χ0n) is 16.6. The number of methoxy groups -OCH3 is 3. The van der Waals surface area contributed by atoms with Crippen LogP contribution in [0.4, 0.5) is 5.69 Å². The number of anilines is 1. The summed E-state index contributed by atoms with van der Waals surface area (Å²) in [5.74, 6) is 0.698. The van der Waals surface area contributed by atoms with Crippen LogP contribution in [0, 0.1) is 22.7 Å². The molecule has 146 valence electrons. The van der Waals surface area contributed by atoms with Crippen molar-refractivity contribution in [3.8, 4) is 29.1 Å². The SMILES string of the molecule is COc1ccc(C2c3ccc(N(C)C)cc3OC(=N)C2C#N)c(OC)c1OC. The zero-order valence-corrected chi connectivity index (χ0v) is 16.6. The molecule has 0 saturated heterocycles. The molecule has 3 rings (SSSR count). The number of benzene rings is 2. The van der Waals surface area contributed by atoms with Crippen LogP contribution in [-0.2, 0) is 0 Å². The Balaban J connectivity index is 2.26. The lowest BCUT2D eigenvalue weighted by Crippen LogP contribution is -2.31. The third-order valence-electron chi connectivity index (χ3n) is 4.89. The third-order valence-corrected chi connectivity index (χ3v) is 4.89.